The topological polar surface area (TPSA) is 87.7 Å². The van der Waals surface area contributed by atoms with Crippen molar-refractivity contribution in [3.05, 3.63) is 29.3 Å². The van der Waals surface area contributed by atoms with Crippen molar-refractivity contribution >= 4 is 23.4 Å². The molecule has 0 unspecified atom stereocenters. The van der Waals surface area contributed by atoms with Gasteiger partial charge in [0.15, 0.2) is 0 Å². The van der Waals surface area contributed by atoms with Crippen molar-refractivity contribution in [3.63, 3.8) is 0 Å². The Kier molecular flexibility index (Phi) is 5.88. The van der Waals surface area contributed by atoms with Gasteiger partial charge in [-0.2, -0.15) is 0 Å². The highest BCUT2D eigenvalue weighted by molar-refractivity contribution is 6.01. The largest absolute Gasteiger partial charge is 0.372 e. The van der Waals surface area contributed by atoms with Crippen molar-refractivity contribution in [3.8, 4) is 0 Å². The molecule has 0 saturated carbocycles. The van der Waals surface area contributed by atoms with Gasteiger partial charge in [0.25, 0.3) is 5.91 Å². The molecule has 2 heterocycles. The average molecular weight is 359 g/mol. The molecule has 0 aromatic heterocycles. The van der Waals surface area contributed by atoms with Gasteiger partial charge in [0.2, 0.25) is 11.8 Å². The Labute approximate surface area is 153 Å². The van der Waals surface area contributed by atoms with Gasteiger partial charge in [-0.15, -0.1) is 0 Å². The van der Waals surface area contributed by atoms with Crippen LogP contribution < -0.4 is 10.6 Å². The van der Waals surface area contributed by atoms with Crippen LogP contribution in [0.5, 0.6) is 0 Å². The Morgan fingerprint density at radius 1 is 1.35 bits per heavy atom. The molecule has 1 aromatic rings. The summed E-state index contributed by atoms with van der Waals surface area (Å²) >= 11 is 0. The van der Waals surface area contributed by atoms with E-state index in [1.54, 1.807) is 18.2 Å². The van der Waals surface area contributed by atoms with Gasteiger partial charge in [0.1, 0.15) is 6.61 Å². The first-order valence-electron chi connectivity index (χ1n) is 9.16. The Morgan fingerprint density at radius 3 is 3.00 bits per heavy atom. The van der Waals surface area contributed by atoms with E-state index in [4.69, 9.17) is 4.74 Å². The second-order valence-corrected chi connectivity index (χ2v) is 6.69. The van der Waals surface area contributed by atoms with Gasteiger partial charge in [0.05, 0.1) is 6.42 Å². The van der Waals surface area contributed by atoms with Gasteiger partial charge < -0.3 is 20.3 Å². The number of hydrogen-bond acceptors (Lipinski definition) is 4. The molecule has 2 N–H and O–H groups in total. The lowest BCUT2D eigenvalue weighted by molar-refractivity contribution is -0.125. The predicted molar refractivity (Wildman–Crippen MR) is 97.0 cm³/mol. The highest BCUT2D eigenvalue weighted by Crippen LogP contribution is 2.26. The highest BCUT2D eigenvalue weighted by atomic mass is 16.5. The molecule has 1 saturated heterocycles. The first kappa shape index (κ1) is 18.4. The smallest absolute Gasteiger partial charge is 0.254 e. The third-order valence-electron chi connectivity index (χ3n) is 4.84. The maximum Gasteiger partial charge on any atom is 0.254 e. The lowest BCUT2D eigenvalue weighted by Crippen LogP contribution is -2.49. The molecular formula is C19H25N3O4. The van der Waals surface area contributed by atoms with Gasteiger partial charge in [-0.05, 0) is 49.9 Å². The minimum absolute atomic E-state index is 0.0187. The summed E-state index contributed by atoms with van der Waals surface area (Å²) < 4.78 is 5.10. The standard InChI is InChI=1S/C19H25N3O4/c1-2-26-12-18(24)20-11-15-5-3-4-8-22(15)19(25)13-6-7-16-14(9-13)10-17(23)21-16/h6-7,9,15H,2-5,8,10-12H2,1H3,(H,20,24)(H,21,23)/t15-/m0/s1. The van der Waals surface area contributed by atoms with Crippen LogP contribution in [0.15, 0.2) is 18.2 Å². The van der Waals surface area contributed by atoms with Crippen molar-refractivity contribution in [1.82, 2.24) is 10.2 Å². The maximum atomic E-state index is 13.0. The van der Waals surface area contributed by atoms with E-state index in [-0.39, 0.29) is 30.4 Å². The third kappa shape index (κ3) is 4.22. The van der Waals surface area contributed by atoms with E-state index in [0.717, 1.165) is 30.5 Å². The van der Waals surface area contributed by atoms with E-state index in [2.05, 4.69) is 10.6 Å². The zero-order valence-corrected chi connectivity index (χ0v) is 15.0. The maximum absolute atomic E-state index is 13.0. The van der Waals surface area contributed by atoms with Crippen LogP contribution in [0.3, 0.4) is 0 Å². The highest BCUT2D eigenvalue weighted by Gasteiger charge is 2.29. The number of rotatable bonds is 6. The number of piperidine rings is 1. The van der Waals surface area contributed by atoms with E-state index in [0.29, 0.717) is 31.7 Å². The summed E-state index contributed by atoms with van der Waals surface area (Å²) in [5.74, 6) is -0.250. The molecule has 0 bridgehead atoms. The molecule has 3 amide bonds. The Balaban J connectivity index is 1.65. The van der Waals surface area contributed by atoms with E-state index >= 15 is 0 Å². The zero-order chi connectivity index (χ0) is 18.5. The van der Waals surface area contributed by atoms with Crippen LogP contribution >= 0.6 is 0 Å². The fourth-order valence-corrected chi connectivity index (χ4v) is 3.49. The number of hydrogen-bond donors (Lipinski definition) is 2. The lowest BCUT2D eigenvalue weighted by atomic mass is 9.99. The second-order valence-electron chi connectivity index (χ2n) is 6.69. The van der Waals surface area contributed by atoms with Gasteiger partial charge in [-0.1, -0.05) is 0 Å². The molecule has 1 fully saturated rings. The van der Waals surface area contributed by atoms with Crippen LogP contribution in [-0.2, 0) is 20.7 Å². The number of ether oxygens (including phenoxy) is 1. The van der Waals surface area contributed by atoms with Crippen LogP contribution in [0.1, 0.15) is 42.1 Å². The molecule has 2 aliphatic heterocycles. The van der Waals surface area contributed by atoms with Crippen molar-refractivity contribution in [2.45, 2.75) is 38.6 Å². The molecule has 26 heavy (non-hydrogen) atoms. The summed E-state index contributed by atoms with van der Waals surface area (Å²) in [6, 6.07) is 5.33. The lowest BCUT2D eigenvalue weighted by Gasteiger charge is -2.36. The predicted octanol–water partition coefficient (Wildman–Crippen LogP) is 1.33. The summed E-state index contributed by atoms with van der Waals surface area (Å²) in [6.07, 6.45) is 3.18. The zero-order valence-electron chi connectivity index (χ0n) is 15.0. The van der Waals surface area contributed by atoms with Crippen LogP contribution in [0, 0.1) is 0 Å². The normalized spacial score (nSPS) is 19.0. The molecule has 0 radical (unpaired) electrons. The van der Waals surface area contributed by atoms with E-state index in [1.165, 1.54) is 0 Å². The first-order valence-corrected chi connectivity index (χ1v) is 9.16. The van der Waals surface area contributed by atoms with Crippen LogP contribution in [0.2, 0.25) is 0 Å². The molecule has 7 heteroatoms. The summed E-state index contributed by atoms with van der Waals surface area (Å²) in [4.78, 5) is 38.1. The summed E-state index contributed by atoms with van der Waals surface area (Å²) in [5.41, 5.74) is 2.23. The number of nitrogens with one attached hydrogen (secondary N) is 2. The molecule has 7 nitrogen and oxygen atoms in total. The van der Waals surface area contributed by atoms with Crippen LogP contribution in [-0.4, -0.2) is 55.0 Å². The number of carbonyl (C=O) groups excluding carboxylic acids is 3. The molecule has 140 valence electrons. The van der Waals surface area contributed by atoms with E-state index < -0.39 is 0 Å². The number of likely N-dealkylation sites (tertiary alicyclic amines) is 1. The number of fused-ring (bicyclic) bond motifs is 1. The number of anilines is 1. The molecule has 0 aliphatic carbocycles. The fourth-order valence-electron chi connectivity index (χ4n) is 3.49. The number of amides is 3. The van der Waals surface area contributed by atoms with E-state index in [9.17, 15) is 14.4 Å². The molecule has 1 aromatic carbocycles. The Hall–Kier alpha value is -2.41. The third-order valence-corrected chi connectivity index (χ3v) is 4.84. The summed E-state index contributed by atoms with van der Waals surface area (Å²) in [5, 5.41) is 5.64. The molecule has 2 aliphatic rings. The SMILES string of the molecule is CCOCC(=O)NC[C@@H]1CCCCN1C(=O)c1ccc2c(c1)CC(=O)N2. The quantitative estimate of drug-likeness (QED) is 0.802. The molecule has 1 atom stereocenters. The molecule has 3 rings (SSSR count). The van der Waals surface area contributed by atoms with Crippen molar-refractivity contribution in [2.24, 2.45) is 0 Å². The minimum Gasteiger partial charge on any atom is -0.372 e. The number of nitrogens with zero attached hydrogens (tertiary/aromatic N) is 1. The van der Waals surface area contributed by atoms with Crippen molar-refractivity contribution < 1.29 is 19.1 Å². The summed E-state index contributed by atoms with van der Waals surface area (Å²) in [7, 11) is 0. The van der Waals surface area contributed by atoms with Gasteiger partial charge in [-0.25, -0.2) is 0 Å². The van der Waals surface area contributed by atoms with Crippen molar-refractivity contribution in [2.75, 3.05) is 31.6 Å². The fraction of sp³-hybridized carbons (Fsp3) is 0.526. The molecule has 0 spiro atoms. The van der Waals surface area contributed by atoms with Crippen molar-refractivity contribution in [1.29, 1.82) is 0 Å². The van der Waals surface area contributed by atoms with E-state index in [1.807, 2.05) is 11.8 Å². The minimum atomic E-state index is -0.160. The number of benzene rings is 1. The second kappa shape index (κ2) is 8.31. The molecular weight excluding hydrogens is 334 g/mol. The average Bonchev–Trinajstić information content (AvgIpc) is 3.03. The Bertz CT molecular complexity index is 704. The van der Waals surface area contributed by atoms with Crippen LogP contribution in [0.4, 0.5) is 5.69 Å². The first-order chi connectivity index (χ1) is 12.6. The van der Waals surface area contributed by atoms with Gasteiger partial charge in [-0.3, -0.25) is 14.4 Å². The Morgan fingerprint density at radius 2 is 2.19 bits per heavy atom. The monoisotopic (exact) mass is 359 g/mol. The summed E-state index contributed by atoms with van der Waals surface area (Å²) in [6.45, 7) is 3.50. The van der Waals surface area contributed by atoms with Crippen LogP contribution in [0.25, 0.3) is 0 Å². The van der Waals surface area contributed by atoms with Gasteiger partial charge in [0, 0.05) is 37.0 Å². The van der Waals surface area contributed by atoms with Gasteiger partial charge >= 0.3 is 0 Å². The number of carbonyl (C=O) groups is 3.